The fraction of sp³-hybridized carbons (Fsp3) is 0.333. The number of likely N-dealkylation sites (tertiary alicyclic amines) is 1. The molecule has 0 aromatic heterocycles. The lowest BCUT2D eigenvalue weighted by Crippen LogP contribution is -2.40. The SMILES string of the molecule is O=C(O)[C@@H]1C[C@H](O)CN1C(=O)c1ccccc1I. The van der Waals surface area contributed by atoms with Crippen LogP contribution in [0.1, 0.15) is 16.8 Å². The number of aliphatic hydroxyl groups is 1. The largest absolute Gasteiger partial charge is 0.480 e. The first-order chi connectivity index (χ1) is 8.50. The van der Waals surface area contributed by atoms with E-state index in [1.807, 2.05) is 28.7 Å². The lowest BCUT2D eigenvalue weighted by molar-refractivity contribution is -0.141. The van der Waals surface area contributed by atoms with Crippen LogP contribution in [0.5, 0.6) is 0 Å². The standard InChI is InChI=1S/C12H12INO4/c13-9-4-2-1-3-8(9)11(16)14-6-7(15)5-10(14)12(17)18/h1-4,7,10,15H,5-6H2,(H,17,18)/t7-,10-/m0/s1. The van der Waals surface area contributed by atoms with Gasteiger partial charge in [-0.15, -0.1) is 0 Å². The number of carbonyl (C=O) groups is 2. The van der Waals surface area contributed by atoms with Crippen molar-refractivity contribution in [1.82, 2.24) is 4.90 Å². The number of halogens is 1. The van der Waals surface area contributed by atoms with E-state index in [0.29, 0.717) is 5.56 Å². The van der Waals surface area contributed by atoms with Crippen LogP contribution in [0.3, 0.4) is 0 Å². The van der Waals surface area contributed by atoms with Gasteiger partial charge >= 0.3 is 5.97 Å². The summed E-state index contributed by atoms with van der Waals surface area (Å²) in [5.41, 5.74) is 0.471. The number of carboxylic acids is 1. The lowest BCUT2D eigenvalue weighted by Gasteiger charge is -2.21. The molecule has 1 aromatic carbocycles. The Morgan fingerprint density at radius 1 is 1.33 bits per heavy atom. The van der Waals surface area contributed by atoms with Gasteiger partial charge in [0.25, 0.3) is 5.91 Å². The second-order valence-corrected chi connectivity index (χ2v) is 5.34. The van der Waals surface area contributed by atoms with E-state index in [9.17, 15) is 14.7 Å². The molecule has 0 bridgehead atoms. The number of β-amino-alcohol motifs (C(OH)–C–C–N with tert-alkyl or cyclic N) is 1. The summed E-state index contributed by atoms with van der Waals surface area (Å²) >= 11 is 2.03. The number of benzene rings is 1. The van der Waals surface area contributed by atoms with Gasteiger partial charge in [-0.3, -0.25) is 4.79 Å². The van der Waals surface area contributed by atoms with E-state index in [0.717, 1.165) is 3.57 Å². The van der Waals surface area contributed by atoms with Crippen LogP contribution >= 0.6 is 22.6 Å². The Hall–Kier alpha value is -1.15. The van der Waals surface area contributed by atoms with Crippen LogP contribution in [0.2, 0.25) is 0 Å². The predicted molar refractivity (Wildman–Crippen MR) is 72.2 cm³/mol. The molecule has 1 aromatic rings. The molecular formula is C12H12INO4. The highest BCUT2D eigenvalue weighted by atomic mass is 127. The zero-order valence-corrected chi connectivity index (χ0v) is 11.6. The van der Waals surface area contributed by atoms with Crippen molar-refractivity contribution in [2.24, 2.45) is 0 Å². The van der Waals surface area contributed by atoms with E-state index in [1.165, 1.54) is 4.90 Å². The highest BCUT2D eigenvalue weighted by Crippen LogP contribution is 2.22. The number of aliphatic carboxylic acids is 1. The highest BCUT2D eigenvalue weighted by Gasteiger charge is 2.39. The summed E-state index contributed by atoms with van der Waals surface area (Å²) in [7, 11) is 0. The molecule has 0 aliphatic carbocycles. The monoisotopic (exact) mass is 361 g/mol. The van der Waals surface area contributed by atoms with Crippen molar-refractivity contribution in [2.45, 2.75) is 18.6 Å². The molecule has 2 N–H and O–H groups in total. The van der Waals surface area contributed by atoms with Crippen LogP contribution < -0.4 is 0 Å². The first kappa shape index (κ1) is 13.3. The summed E-state index contributed by atoms with van der Waals surface area (Å²) in [6, 6.07) is 6.05. The minimum atomic E-state index is -1.08. The molecule has 96 valence electrons. The van der Waals surface area contributed by atoms with Crippen molar-refractivity contribution >= 4 is 34.5 Å². The first-order valence-electron chi connectivity index (χ1n) is 5.47. The van der Waals surface area contributed by atoms with Crippen LogP contribution in [0, 0.1) is 3.57 Å². The van der Waals surface area contributed by atoms with Crippen molar-refractivity contribution in [3.63, 3.8) is 0 Å². The number of aliphatic hydroxyl groups excluding tert-OH is 1. The summed E-state index contributed by atoms with van der Waals surface area (Å²) < 4.78 is 0.769. The Balaban J connectivity index is 2.28. The minimum Gasteiger partial charge on any atom is -0.480 e. The van der Waals surface area contributed by atoms with Crippen molar-refractivity contribution in [1.29, 1.82) is 0 Å². The minimum absolute atomic E-state index is 0.0702. The van der Waals surface area contributed by atoms with Gasteiger partial charge in [0.1, 0.15) is 6.04 Å². The summed E-state index contributed by atoms with van der Waals surface area (Å²) in [6.45, 7) is 0.0702. The van der Waals surface area contributed by atoms with Gasteiger partial charge in [-0.05, 0) is 34.7 Å². The molecule has 0 saturated carbocycles. The third-order valence-electron chi connectivity index (χ3n) is 2.93. The maximum absolute atomic E-state index is 12.3. The Kier molecular flexibility index (Phi) is 3.86. The number of carbonyl (C=O) groups excluding carboxylic acids is 1. The second kappa shape index (κ2) is 5.23. The quantitative estimate of drug-likeness (QED) is 0.769. The molecule has 0 spiro atoms. The van der Waals surface area contributed by atoms with Gasteiger partial charge in [0.15, 0.2) is 0 Å². The van der Waals surface area contributed by atoms with Gasteiger partial charge < -0.3 is 15.1 Å². The lowest BCUT2D eigenvalue weighted by atomic mass is 10.1. The van der Waals surface area contributed by atoms with Crippen molar-refractivity contribution in [3.05, 3.63) is 33.4 Å². The normalized spacial score (nSPS) is 23.1. The molecule has 1 aliphatic rings. The molecule has 6 heteroatoms. The number of nitrogens with zero attached hydrogens (tertiary/aromatic N) is 1. The first-order valence-corrected chi connectivity index (χ1v) is 6.55. The van der Waals surface area contributed by atoms with Crippen molar-refractivity contribution in [2.75, 3.05) is 6.54 Å². The number of carboxylic acid groups (broad SMARTS) is 1. The van der Waals surface area contributed by atoms with Gasteiger partial charge in [0.05, 0.1) is 11.7 Å². The molecule has 18 heavy (non-hydrogen) atoms. The van der Waals surface area contributed by atoms with E-state index in [4.69, 9.17) is 5.11 Å². The molecule has 1 aliphatic heterocycles. The number of hydrogen-bond donors (Lipinski definition) is 2. The van der Waals surface area contributed by atoms with Crippen molar-refractivity contribution in [3.8, 4) is 0 Å². The topological polar surface area (TPSA) is 77.8 Å². The fourth-order valence-corrected chi connectivity index (χ4v) is 2.68. The second-order valence-electron chi connectivity index (χ2n) is 4.18. The molecule has 1 amide bonds. The van der Waals surface area contributed by atoms with Crippen LogP contribution in [0.4, 0.5) is 0 Å². The van der Waals surface area contributed by atoms with E-state index in [-0.39, 0.29) is 18.9 Å². The summed E-state index contributed by atoms with van der Waals surface area (Å²) in [4.78, 5) is 24.6. The Morgan fingerprint density at radius 2 is 2.00 bits per heavy atom. The van der Waals surface area contributed by atoms with Crippen LogP contribution in [0.15, 0.2) is 24.3 Å². The zero-order chi connectivity index (χ0) is 13.3. The summed E-state index contributed by atoms with van der Waals surface area (Å²) in [5, 5.41) is 18.6. The Labute approximate surface area is 118 Å². The molecule has 0 unspecified atom stereocenters. The molecular weight excluding hydrogens is 349 g/mol. The van der Waals surface area contributed by atoms with Gasteiger partial charge in [0, 0.05) is 16.5 Å². The average molecular weight is 361 g/mol. The molecule has 1 fully saturated rings. The number of hydrogen-bond acceptors (Lipinski definition) is 3. The Morgan fingerprint density at radius 3 is 2.61 bits per heavy atom. The van der Waals surface area contributed by atoms with Gasteiger partial charge in [-0.1, -0.05) is 12.1 Å². The highest BCUT2D eigenvalue weighted by molar-refractivity contribution is 14.1. The molecule has 1 saturated heterocycles. The number of amides is 1. The molecule has 2 atom stereocenters. The van der Waals surface area contributed by atoms with E-state index < -0.39 is 18.1 Å². The molecule has 5 nitrogen and oxygen atoms in total. The third-order valence-corrected chi connectivity index (χ3v) is 3.87. The van der Waals surface area contributed by atoms with E-state index >= 15 is 0 Å². The fourth-order valence-electron chi connectivity index (χ4n) is 2.06. The van der Waals surface area contributed by atoms with Gasteiger partial charge in [0.2, 0.25) is 0 Å². The van der Waals surface area contributed by atoms with E-state index in [2.05, 4.69) is 0 Å². The maximum atomic E-state index is 12.3. The van der Waals surface area contributed by atoms with Gasteiger partial charge in [-0.2, -0.15) is 0 Å². The Bertz CT molecular complexity index is 491. The van der Waals surface area contributed by atoms with Crippen LogP contribution in [0.25, 0.3) is 0 Å². The van der Waals surface area contributed by atoms with Crippen molar-refractivity contribution < 1.29 is 19.8 Å². The maximum Gasteiger partial charge on any atom is 0.326 e. The average Bonchev–Trinajstić information content (AvgIpc) is 2.71. The molecule has 2 rings (SSSR count). The molecule has 0 radical (unpaired) electrons. The number of rotatable bonds is 2. The smallest absolute Gasteiger partial charge is 0.326 e. The predicted octanol–water partition coefficient (Wildman–Crippen LogP) is 0.951. The summed E-state index contributed by atoms with van der Waals surface area (Å²) in [5.74, 6) is -1.42. The third kappa shape index (κ3) is 2.49. The summed E-state index contributed by atoms with van der Waals surface area (Å²) in [6.07, 6.45) is -0.679. The zero-order valence-electron chi connectivity index (χ0n) is 9.41. The van der Waals surface area contributed by atoms with Gasteiger partial charge in [-0.25, -0.2) is 4.79 Å². The van der Waals surface area contributed by atoms with Crippen LogP contribution in [-0.4, -0.2) is 45.7 Å². The molecule has 1 heterocycles. The van der Waals surface area contributed by atoms with E-state index in [1.54, 1.807) is 18.2 Å². The van der Waals surface area contributed by atoms with Crippen LogP contribution in [-0.2, 0) is 4.79 Å².